The van der Waals surface area contributed by atoms with Crippen LogP contribution in [0.25, 0.3) is 0 Å². The molecule has 0 amide bonds. The Morgan fingerprint density at radius 2 is 1.95 bits per heavy atom. The van der Waals surface area contributed by atoms with Gasteiger partial charge < -0.3 is 5.73 Å². The summed E-state index contributed by atoms with van der Waals surface area (Å²) in [6.45, 7) is 2.01. The van der Waals surface area contributed by atoms with E-state index in [0.717, 1.165) is 20.8 Å². The van der Waals surface area contributed by atoms with Gasteiger partial charge in [-0.25, -0.2) is 0 Å². The molecular weight excluding hydrogens is 342 g/mol. The third kappa shape index (κ3) is 4.53. The number of halogens is 2. The first-order valence-corrected chi connectivity index (χ1v) is 8.01. The van der Waals surface area contributed by atoms with Crippen molar-refractivity contribution in [2.45, 2.75) is 29.2 Å². The van der Waals surface area contributed by atoms with Gasteiger partial charge in [-0.2, -0.15) is 0 Å². The summed E-state index contributed by atoms with van der Waals surface area (Å²) >= 11 is 11.3. The number of benzene rings is 2. The summed E-state index contributed by atoms with van der Waals surface area (Å²) in [6, 6.07) is 14.4. The van der Waals surface area contributed by atoms with E-state index < -0.39 is 0 Å². The van der Waals surface area contributed by atoms with Crippen LogP contribution in [-0.2, 0) is 6.42 Å². The van der Waals surface area contributed by atoms with Gasteiger partial charge >= 0.3 is 0 Å². The molecule has 1 nitrogen and oxygen atoms in total. The Kier molecular flexibility index (Phi) is 5.34. The molecule has 100 valence electrons. The third-order valence-corrected chi connectivity index (χ3v) is 4.55. The Labute approximate surface area is 131 Å². The number of rotatable bonds is 4. The molecule has 0 aliphatic rings. The van der Waals surface area contributed by atoms with Crippen molar-refractivity contribution in [2.24, 2.45) is 5.73 Å². The van der Waals surface area contributed by atoms with Crippen LogP contribution in [0, 0.1) is 0 Å². The largest absolute Gasteiger partial charge is 0.328 e. The van der Waals surface area contributed by atoms with Crippen LogP contribution in [0.3, 0.4) is 0 Å². The van der Waals surface area contributed by atoms with Crippen molar-refractivity contribution < 1.29 is 0 Å². The van der Waals surface area contributed by atoms with Gasteiger partial charge in [-0.15, -0.1) is 0 Å². The lowest BCUT2D eigenvalue weighted by Crippen LogP contribution is -2.17. The minimum Gasteiger partial charge on any atom is -0.328 e. The van der Waals surface area contributed by atoms with Gasteiger partial charge in [0.25, 0.3) is 0 Å². The van der Waals surface area contributed by atoms with Crippen LogP contribution in [0.5, 0.6) is 0 Å². The van der Waals surface area contributed by atoms with Gasteiger partial charge in [0.2, 0.25) is 0 Å². The zero-order valence-corrected chi connectivity index (χ0v) is 13.7. The zero-order chi connectivity index (χ0) is 13.8. The molecule has 0 fully saturated rings. The molecule has 19 heavy (non-hydrogen) atoms. The molecule has 0 radical (unpaired) electrons. The second-order valence-corrected chi connectivity index (χ2v) is 6.93. The molecule has 1 atom stereocenters. The summed E-state index contributed by atoms with van der Waals surface area (Å²) in [7, 11) is 0. The molecule has 0 aliphatic carbocycles. The maximum absolute atomic E-state index is 5.99. The quantitative estimate of drug-likeness (QED) is 0.820. The minimum absolute atomic E-state index is 0.169. The van der Waals surface area contributed by atoms with Gasteiger partial charge in [0.1, 0.15) is 0 Å². The lowest BCUT2D eigenvalue weighted by molar-refractivity contribution is 0.735. The fraction of sp³-hybridized carbons (Fsp3) is 0.200. The summed E-state index contributed by atoms with van der Waals surface area (Å²) in [5.41, 5.74) is 7.07. The average molecular weight is 357 g/mol. The van der Waals surface area contributed by atoms with Gasteiger partial charge in [-0.05, 0) is 49.2 Å². The van der Waals surface area contributed by atoms with E-state index in [0.29, 0.717) is 0 Å². The Bertz CT molecular complexity index is 572. The van der Waals surface area contributed by atoms with Crippen molar-refractivity contribution >= 4 is 39.3 Å². The summed E-state index contributed by atoms with van der Waals surface area (Å²) in [5.74, 6) is 0. The first-order chi connectivity index (χ1) is 9.04. The average Bonchev–Trinajstić information content (AvgIpc) is 2.32. The highest BCUT2D eigenvalue weighted by Crippen LogP contribution is 2.32. The molecule has 2 aromatic carbocycles. The van der Waals surface area contributed by atoms with Crippen molar-refractivity contribution in [3.8, 4) is 0 Å². The third-order valence-electron chi connectivity index (χ3n) is 2.60. The normalized spacial score (nSPS) is 12.4. The molecule has 2 N–H and O–H groups in total. The second-order valence-electron chi connectivity index (χ2n) is 4.49. The van der Waals surface area contributed by atoms with E-state index in [-0.39, 0.29) is 6.04 Å². The fourth-order valence-corrected chi connectivity index (χ4v) is 3.64. The molecule has 2 aromatic rings. The van der Waals surface area contributed by atoms with E-state index in [2.05, 4.69) is 40.2 Å². The Morgan fingerprint density at radius 1 is 1.21 bits per heavy atom. The standard InChI is InChI=1S/C15H15BrClNS/c1-10(18)7-11-5-6-14(9-15(11)16)19-13-4-2-3-12(17)8-13/h2-6,8-10H,7,18H2,1H3. The highest BCUT2D eigenvalue weighted by molar-refractivity contribution is 9.10. The van der Waals surface area contributed by atoms with Gasteiger partial charge in [0.15, 0.2) is 0 Å². The molecule has 2 rings (SSSR count). The summed E-state index contributed by atoms with van der Waals surface area (Å²) in [6.07, 6.45) is 0.878. The smallest absolute Gasteiger partial charge is 0.0417 e. The van der Waals surface area contributed by atoms with Crippen molar-refractivity contribution in [3.05, 3.63) is 57.5 Å². The summed E-state index contributed by atoms with van der Waals surface area (Å²) in [4.78, 5) is 2.32. The molecule has 1 unspecified atom stereocenters. The lowest BCUT2D eigenvalue weighted by atomic mass is 10.1. The monoisotopic (exact) mass is 355 g/mol. The SMILES string of the molecule is CC(N)Cc1ccc(Sc2cccc(Cl)c2)cc1Br. The summed E-state index contributed by atoms with van der Waals surface area (Å²) in [5, 5.41) is 0.762. The van der Waals surface area contributed by atoms with Crippen molar-refractivity contribution in [1.82, 2.24) is 0 Å². The first-order valence-electron chi connectivity index (χ1n) is 6.02. The van der Waals surface area contributed by atoms with Crippen LogP contribution in [0.15, 0.2) is 56.7 Å². The van der Waals surface area contributed by atoms with Gasteiger partial charge in [-0.3, -0.25) is 0 Å². The highest BCUT2D eigenvalue weighted by Gasteiger charge is 2.05. The van der Waals surface area contributed by atoms with Crippen LogP contribution in [-0.4, -0.2) is 6.04 Å². The van der Waals surface area contributed by atoms with Gasteiger partial charge in [0.05, 0.1) is 0 Å². The predicted octanol–water partition coefficient (Wildman–Crippen LogP) is 5.14. The van der Waals surface area contributed by atoms with E-state index in [1.165, 1.54) is 10.5 Å². The molecule has 0 bridgehead atoms. The van der Waals surface area contributed by atoms with Crippen molar-refractivity contribution in [3.63, 3.8) is 0 Å². The molecule has 0 aromatic heterocycles. The molecular formula is C15H15BrClNS. The van der Waals surface area contributed by atoms with Gasteiger partial charge in [-0.1, -0.05) is 51.4 Å². The van der Waals surface area contributed by atoms with E-state index in [9.17, 15) is 0 Å². The Balaban J connectivity index is 2.16. The number of nitrogens with two attached hydrogens (primary N) is 1. The van der Waals surface area contributed by atoms with Gasteiger partial charge in [0, 0.05) is 25.3 Å². The minimum atomic E-state index is 0.169. The topological polar surface area (TPSA) is 26.0 Å². The molecule has 4 heteroatoms. The predicted molar refractivity (Wildman–Crippen MR) is 87.1 cm³/mol. The van der Waals surface area contributed by atoms with Crippen LogP contribution >= 0.6 is 39.3 Å². The summed E-state index contributed by atoms with van der Waals surface area (Å²) < 4.78 is 1.11. The van der Waals surface area contributed by atoms with Crippen LogP contribution in [0.4, 0.5) is 0 Å². The van der Waals surface area contributed by atoms with E-state index in [1.807, 2.05) is 25.1 Å². The second kappa shape index (κ2) is 6.80. The Hall–Kier alpha value is -0.480. The molecule has 0 spiro atoms. The maximum atomic E-state index is 5.99. The van der Waals surface area contributed by atoms with E-state index in [4.69, 9.17) is 17.3 Å². The van der Waals surface area contributed by atoms with Crippen LogP contribution < -0.4 is 5.73 Å². The number of hydrogen-bond acceptors (Lipinski definition) is 2. The van der Waals surface area contributed by atoms with Crippen LogP contribution in [0.2, 0.25) is 5.02 Å². The van der Waals surface area contributed by atoms with Crippen LogP contribution in [0.1, 0.15) is 12.5 Å². The number of hydrogen-bond donors (Lipinski definition) is 1. The highest BCUT2D eigenvalue weighted by atomic mass is 79.9. The lowest BCUT2D eigenvalue weighted by Gasteiger charge is -2.09. The van der Waals surface area contributed by atoms with Crippen molar-refractivity contribution in [2.75, 3.05) is 0 Å². The van der Waals surface area contributed by atoms with Crippen molar-refractivity contribution in [1.29, 1.82) is 0 Å². The zero-order valence-electron chi connectivity index (χ0n) is 10.6. The molecule has 0 aliphatic heterocycles. The molecule has 0 saturated carbocycles. The maximum Gasteiger partial charge on any atom is 0.0417 e. The van der Waals surface area contributed by atoms with E-state index >= 15 is 0 Å². The Morgan fingerprint density at radius 3 is 2.58 bits per heavy atom. The first kappa shape index (κ1) is 14.9. The molecule has 0 heterocycles. The molecule has 0 saturated heterocycles. The van der Waals surface area contributed by atoms with E-state index in [1.54, 1.807) is 11.8 Å². The fourth-order valence-electron chi connectivity index (χ4n) is 1.77.